The third kappa shape index (κ3) is 3.45. The van der Waals surface area contributed by atoms with E-state index in [1.807, 2.05) is 4.90 Å². The Labute approximate surface area is 121 Å². The maximum Gasteiger partial charge on any atom is 0.240 e. The van der Waals surface area contributed by atoms with Crippen LogP contribution in [-0.2, 0) is 0 Å². The van der Waals surface area contributed by atoms with Crippen LogP contribution >= 0.6 is 11.6 Å². The van der Waals surface area contributed by atoms with Gasteiger partial charge in [-0.2, -0.15) is 0 Å². The number of piperazine rings is 1. The highest BCUT2D eigenvalue weighted by Crippen LogP contribution is 2.35. The summed E-state index contributed by atoms with van der Waals surface area (Å²) in [6.45, 7) is 4.27. The first-order chi connectivity index (χ1) is 9.50. The van der Waals surface area contributed by atoms with Gasteiger partial charge in [0.05, 0.1) is 0 Å². The molecule has 1 heterocycles. The van der Waals surface area contributed by atoms with E-state index in [1.54, 1.807) is 19.1 Å². The smallest absolute Gasteiger partial charge is 0.240 e. The second kappa shape index (κ2) is 6.78. The summed E-state index contributed by atoms with van der Waals surface area (Å²) in [7, 11) is 0. The summed E-state index contributed by atoms with van der Waals surface area (Å²) in [5, 5.41) is 3.38. The molecule has 112 valence electrons. The van der Waals surface area contributed by atoms with Gasteiger partial charge < -0.3 is 5.32 Å². The van der Waals surface area contributed by atoms with E-state index in [0.717, 1.165) is 0 Å². The Balaban J connectivity index is 2.37. The summed E-state index contributed by atoms with van der Waals surface area (Å²) in [4.78, 5) is 1.88. The number of nitrogens with zero attached hydrogens (tertiary/aromatic N) is 1. The third-order valence-corrected chi connectivity index (χ3v) is 3.98. The van der Waals surface area contributed by atoms with Crippen LogP contribution in [0.3, 0.4) is 0 Å². The molecule has 0 aliphatic carbocycles. The number of benzene rings is 1. The monoisotopic (exact) mass is 306 g/mol. The van der Waals surface area contributed by atoms with Crippen LogP contribution < -0.4 is 5.32 Å². The lowest BCUT2D eigenvalue weighted by Crippen LogP contribution is -2.45. The highest BCUT2D eigenvalue weighted by molar-refractivity contribution is 6.31. The Morgan fingerprint density at radius 2 is 1.95 bits per heavy atom. The summed E-state index contributed by atoms with van der Waals surface area (Å²) >= 11 is 6.07. The first-order valence-corrected chi connectivity index (χ1v) is 7.06. The molecule has 20 heavy (non-hydrogen) atoms. The molecule has 6 heteroatoms. The van der Waals surface area contributed by atoms with Crippen LogP contribution in [0.4, 0.5) is 13.2 Å². The zero-order valence-electron chi connectivity index (χ0n) is 11.3. The summed E-state index contributed by atoms with van der Waals surface area (Å²) < 4.78 is 40.1. The van der Waals surface area contributed by atoms with Crippen LogP contribution in [0.1, 0.15) is 23.6 Å². The number of nitrogens with one attached hydrogen (secondary N) is 1. The summed E-state index contributed by atoms with van der Waals surface area (Å²) in [5.41, 5.74) is 0.632. The molecule has 1 fully saturated rings. The molecule has 2 rings (SSSR count). The van der Waals surface area contributed by atoms with Gasteiger partial charge in [0, 0.05) is 49.2 Å². The van der Waals surface area contributed by atoms with Crippen LogP contribution in [-0.4, -0.2) is 37.5 Å². The number of hydrogen-bond acceptors (Lipinski definition) is 2. The number of halogens is 4. The van der Waals surface area contributed by atoms with Gasteiger partial charge in [0.1, 0.15) is 5.82 Å². The zero-order valence-corrected chi connectivity index (χ0v) is 12.1. The van der Waals surface area contributed by atoms with E-state index in [4.69, 9.17) is 11.6 Å². The van der Waals surface area contributed by atoms with Crippen molar-refractivity contribution in [2.24, 2.45) is 0 Å². The number of hydrogen-bond donors (Lipinski definition) is 1. The zero-order chi connectivity index (χ0) is 14.7. The van der Waals surface area contributed by atoms with E-state index in [1.165, 1.54) is 0 Å². The lowest BCUT2D eigenvalue weighted by atomic mass is 9.98. The number of alkyl halides is 2. The molecule has 0 unspecified atom stereocenters. The Kier molecular flexibility index (Phi) is 5.29. The molecule has 1 atom stereocenters. The van der Waals surface area contributed by atoms with Crippen molar-refractivity contribution in [2.75, 3.05) is 26.2 Å². The molecular formula is C14H18ClF3N2. The fraction of sp³-hybridized carbons (Fsp3) is 0.571. The maximum absolute atomic E-state index is 14.3. The van der Waals surface area contributed by atoms with Gasteiger partial charge in [0.15, 0.2) is 0 Å². The predicted molar refractivity (Wildman–Crippen MR) is 74.0 cm³/mol. The van der Waals surface area contributed by atoms with Crippen molar-refractivity contribution >= 4 is 11.6 Å². The van der Waals surface area contributed by atoms with Gasteiger partial charge in [-0.05, 0) is 18.6 Å². The first kappa shape index (κ1) is 15.6. The second-order valence-electron chi connectivity index (χ2n) is 5.02. The van der Waals surface area contributed by atoms with Crippen LogP contribution in [0.5, 0.6) is 0 Å². The van der Waals surface area contributed by atoms with Gasteiger partial charge in [-0.15, -0.1) is 0 Å². The standard InChI is InChI=1S/C14H18ClF3N2/c1-9-2-3-10(15)13(14(9)18)11(8-12(16)17)20-6-4-19-5-7-20/h2-3,11-12,19H,4-8H2,1H3/t11-/m1/s1. The molecule has 1 aromatic rings. The lowest BCUT2D eigenvalue weighted by Gasteiger charge is -2.35. The average molecular weight is 307 g/mol. The first-order valence-electron chi connectivity index (χ1n) is 6.68. The van der Waals surface area contributed by atoms with E-state index in [2.05, 4.69) is 5.32 Å². The van der Waals surface area contributed by atoms with E-state index in [-0.39, 0.29) is 10.6 Å². The van der Waals surface area contributed by atoms with Gasteiger partial charge in [-0.25, -0.2) is 13.2 Å². The normalized spacial score (nSPS) is 18.5. The average Bonchev–Trinajstić information content (AvgIpc) is 2.43. The molecule has 2 nitrogen and oxygen atoms in total. The van der Waals surface area contributed by atoms with Crippen molar-refractivity contribution in [1.29, 1.82) is 0 Å². The molecule has 0 spiro atoms. The number of rotatable bonds is 4. The SMILES string of the molecule is Cc1ccc(Cl)c([C@@H](CC(F)F)N2CCNCC2)c1F. The van der Waals surface area contributed by atoms with Crippen LogP contribution in [0.15, 0.2) is 12.1 Å². The van der Waals surface area contributed by atoms with Crippen molar-refractivity contribution < 1.29 is 13.2 Å². The molecule has 1 aliphatic rings. The minimum Gasteiger partial charge on any atom is -0.314 e. The molecular weight excluding hydrogens is 289 g/mol. The Hall–Kier alpha value is -0.780. The highest BCUT2D eigenvalue weighted by Gasteiger charge is 2.29. The lowest BCUT2D eigenvalue weighted by molar-refractivity contribution is 0.0725. The molecule has 0 aromatic heterocycles. The summed E-state index contributed by atoms with van der Waals surface area (Å²) in [5.74, 6) is -0.471. The van der Waals surface area contributed by atoms with Crippen molar-refractivity contribution in [2.45, 2.75) is 25.8 Å². The Bertz CT molecular complexity index is 462. The Morgan fingerprint density at radius 1 is 1.30 bits per heavy atom. The number of aryl methyl sites for hydroxylation is 1. The third-order valence-electron chi connectivity index (χ3n) is 3.65. The summed E-state index contributed by atoms with van der Waals surface area (Å²) in [6.07, 6.45) is -2.90. The second-order valence-corrected chi connectivity index (χ2v) is 5.43. The van der Waals surface area contributed by atoms with Crippen molar-refractivity contribution in [3.8, 4) is 0 Å². The molecule has 1 N–H and O–H groups in total. The van der Waals surface area contributed by atoms with E-state index in [0.29, 0.717) is 31.7 Å². The van der Waals surface area contributed by atoms with Gasteiger partial charge >= 0.3 is 0 Å². The summed E-state index contributed by atoms with van der Waals surface area (Å²) in [6, 6.07) is 2.47. The maximum atomic E-state index is 14.3. The molecule has 0 saturated carbocycles. The fourth-order valence-electron chi connectivity index (χ4n) is 2.60. The fourth-order valence-corrected chi connectivity index (χ4v) is 2.87. The predicted octanol–water partition coefficient (Wildman–Crippen LogP) is 3.39. The van der Waals surface area contributed by atoms with Gasteiger partial charge in [-0.1, -0.05) is 17.7 Å². The molecule has 1 saturated heterocycles. The molecule has 1 aliphatic heterocycles. The quantitative estimate of drug-likeness (QED) is 0.917. The topological polar surface area (TPSA) is 15.3 Å². The van der Waals surface area contributed by atoms with Gasteiger partial charge in [-0.3, -0.25) is 4.90 Å². The van der Waals surface area contributed by atoms with Crippen LogP contribution in [0, 0.1) is 12.7 Å². The van der Waals surface area contributed by atoms with Crippen LogP contribution in [0.2, 0.25) is 5.02 Å². The van der Waals surface area contributed by atoms with E-state index >= 15 is 0 Å². The van der Waals surface area contributed by atoms with E-state index < -0.39 is 24.7 Å². The largest absolute Gasteiger partial charge is 0.314 e. The Morgan fingerprint density at radius 3 is 2.55 bits per heavy atom. The van der Waals surface area contributed by atoms with E-state index in [9.17, 15) is 13.2 Å². The molecule has 0 radical (unpaired) electrons. The highest BCUT2D eigenvalue weighted by atomic mass is 35.5. The molecule has 1 aromatic carbocycles. The van der Waals surface area contributed by atoms with Gasteiger partial charge in [0.2, 0.25) is 6.43 Å². The minimum atomic E-state index is -2.49. The van der Waals surface area contributed by atoms with Crippen molar-refractivity contribution in [1.82, 2.24) is 10.2 Å². The van der Waals surface area contributed by atoms with Crippen molar-refractivity contribution in [3.63, 3.8) is 0 Å². The van der Waals surface area contributed by atoms with Crippen molar-refractivity contribution in [3.05, 3.63) is 34.1 Å². The minimum absolute atomic E-state index is 0.203. The molecule has 0 bridgehead atoms. The van der Waals surface area contributed by atoms with Crippen LogP contribution in [0.25, 0.3) is 0 Å². The van der Waals surface area contributed by atoms with Gasteiger partial charge in [0.25, 0.3) is 0 Å². The molecule has 0 amide bonds.